The van der Waals surface area contributed by atoms with Crippen LogP contribution in [0.5, 0.6) is 0 Å². The highest BCUT2D eigenvalue weighted by molar-refractivity contribution is 5.75. The fraction of sp³-hybridized carbons (Fsp3) is 0.611. The van der Waals surface area contributed by atoms with Crippen molar-refractivity contribution in [1.82, 2.24) is 14.9 Å². The van der Waals surface area contributed by atoms with Crippen LogP contribution in [0, 0.1) is 11.8 Å². The molecule has 0 saturated heterocycles. The Morgan fingerprint density at radius 1 is 1.10 bits per heavy atom. The lowest BCUT2D eigenvalue weighted by Crippen LogP contribution is -2.31. The van der Waals surface area contributed by atoms with Gasteiger partial charge in [-0.1, -0.05) is 40.7 Å². The molecule has 0 saturated carbocycles. The van der Waals surface area contributed by atoms with Crippen molar-refractivity contribution in [3.05, 3.63) is 29.6 Å². The molecule has 0 aliphatic rings. The summed E-state index contributed by atoms with van der Waals surface area (Å²) in [5.41, 5.74) is 3.61. The molecule has 116 valence electrons. The van der Waals surface area contributed by atoms with Crippen LogP contribution >= 0.6 is 0 Å². The topological polar surface area (TPSA) is 31.9 Å². The highest BCUT2D eigenvalue weighted by Gasteiger charge is 2.12. The minimum Gasteiger partial charge on any atom is -0.341 e. The zero-order valence-electron chi connectivity index (χ0n) is 14.1. The second-order valence-electron chi connectivity index (χ2n) is 6.87. The summed E-state index contributed by atoms with van der Waals surface area (Å²) in [6.45, 7) is 14.4. The number of nitrogens with one attached hydrogen (secondary N) is 1. The average Bonchev–Trinajstić information content (AvgIpc) is 2.77. The van der Waals surface area contributed by atoms with Crippen LogP contribution in [-0.4, -0.2) is 28.0 Å². The lowest BCUT2D eigenvalue weighted by atomic mass is 10.1. The molecule has 1 aromatic carbocycles. The van der Waals surface area contributed by atoms with Gasteiger partial charge in [0.15, 0.2) is 0 Å². The first kappa shape index (κ1) is 16.0. The smallest absolute Gasteiger partial charge is 0.121 e. The Morgan fingerprint density at radius 2 is 1.76 bits per heavy atom. The van der Waals surface area contributed by atoms with Crippen LogP contribution < -0.4 is 0 Å². The van der Waals surface area contributed by atoms with Crippen LogP contribution in [0.4, 0.5) is 0 Å². The van der Waals surface area contributed by atoms with E-state index in [-0.39, 0.29) is 0 Å². The van der Waals surface area contributed by atoms with Gasteiger partial charge in [0.2, 0.25) is 0 Å². The van der Waals surface area contributed by atoms with E-state index in [4.69, 9.17) is 4.98 Å². The molecule has 0 amide bonds. The molecule has 0 spiro atoms. The lowest BCUT2D eigenvalue weighted by Gasteiger charge is -2.25. The molecule has 0 unspecified atom stereocenters. The Balaban J connectivity index is 2.15. The van der Waals surface area contributed by atoms with Crippen molar-refractivity contribution >= 4 is 11.0 Å². The molecule has 0 aliphatic heterocycles. The number of hydrogen-bond donors (Lipinski definition) is 1. The minimum atomic E-state index is 0.680. The van der Waals surface area contributed by atoms with Crippen LogP contribution in [0.2, 0.25) is 0 Å². The molecule has 0 aliphatic carbocycles. The molecule has 1 aromatic heterocycles. The highest BCUT2D eigenvalue weighted by Crippen LogP contribution is 2.16. The van der Waals surface area contributed by atoms with E-state index >= 15 is 0 Å². The number of aromatic nitrogens is 2. The molecule has 0 atom stereocenters. The molecule has 3 heteroatoms. The average molecular weight is 287 g/mol. The van der Waals surface area contributed by atoms with Gasteiger partial charge in [0.05, 0.1) is 17.6 Å². The van der Waals surface area contributed by atoms with Gasteiger partial charge in [-0.2, -0.15) is 0 Å². The van der Waals surface area contributed by atoms with Crippen LogP contribution in [0.25, 0.3) is 11.0 Å². The van der Waals surface area contributed by atoms with Gasteiger partial charge in [0.25, 0.3) is 0 Å². The van der Waals surface area contributed by atoms with E-state index in [0.29, 0.717) is 11.8 Å². The number of aromatic amines is 1. The maximum absolute atomic E-state index is 4.75. The van der Waals surface area contributed by atoms with Gasteiger partial charge in [-0.15, -0.1) is 0 Å². The van der Waals surface area contributed by atoms with Gasteiger partial charge in [0, 0.05) is 13.1 Å². The van der Waals surface area contributed by atoms with Crippen molar-refractivity contribution < 1.29 is 0 Å². The second-order valence-corrected chi connectivity index (χ2v) is 6.87. The SMILES string of the molecule is CCc1ccc2nc(CN(CC(C)C)CC(C)C)[nH]c2c1. The first-order valence-corrected chi connectivity index (χ1v) is 8.17. The summed E-state index contributed by atoms with van der Waals surface area (Å²) in [6.07, 6.45) is 1.07. The Labute approximate surface area is 128 Å². The highest BCUT2D eigenvalue weighted by atomic mass is 15.1. The molecule has 1 heterocycles. The molecule has 2 rings (SSSR count). The zero-order valence-corrected chi connectivity index (χ0v) is 14.1. The van der Waals surface area contributed by atoms with E-state index in [1.54, 1.807) is 0 Å². The van der Waals surface area contributed by atoms with Crippen molar-refractivity contribution in [1.29, 1.82) is 0 Å². The third-order valence-electron chi connectivity index (χ3n) is 3.62. The van der Waals surface area contributed by atoms with Crippen molar-refractivity contribution in [3.8, 4) is 0 Å². The normalized spacial score (nSPS) is 12.2. The van der Waals surface area contributed by atoms with Crippen LogP contribution in [0.3, 0.4) is 0 Å². The number of aryl methyl sites for hydroxylation is 1. The van der Waals surface area contributed by atoms with Crippen molar-refractivity contribution in [2.75, 3.05) is 13.1 Å². The predicted molar refractivity (Wildman–Crippen MR) is 90.4 cm³/mol. The monoisotopic (exact) mass is 287 g/mol. The molecular weight excluding hydrogens is 258 g/mol. The molecule has 21 heavy (non-hydrogen) atoms. The van der Waals surface area contributed by atoms with Gasteiger partial charge >= 0.3 is 0 Å². The van der Waals surface area contributed by atoms with E-state index in [1.165, 1.54) is 11.1 Å². The Bertz CT molecular complexity index is 559. The number of fused-ring (bicyclic) bond motifs is 1. The number of imidazole rings is 1. The molecular formula is C18H29N3. The standard InChI is InChI=1S/C18H29N3/c1-6-15-7-8-16-17(9-15)20-18(19-16)12-21(10-13(2)3)11-14(4)5/h7-9,13-14H,6,10-12H2,1-5H3,(H,19,20). The fourth-order valence-corrected chi connectivity index (χ4v) is 2.85. The maximum Gasteiger partial charge on any atom is 0.121 e. The number of H-pyrrole nitrogens is 1. The molecule has 1 N–H and O–H groups in total. The minimum absolute atomic E-state index is 0.680. The summed E-state index contributed by atoms with van der Waals surface area (Å²) in [5, 5.41) is 0. The van der Waals surface area contributed by atoms with E-state index in [0.717, 1.165) is 37.4 Å². The third-order valence-corrected chi connectivity index (χ3v) is 3.62. The molecule has 2 aromatic rings. The summed E-state index contributed by atoms with van der Waals surface area (Å²) in [5.74, 6) is 2.44. The van der Waals surface area contributed by atoms with E-state index in [1.807, 2.05) is 0 Å². The maximum atomic E-state index is 4.75. The number of hydrogen-bond acceptors (Lipinski definition) is 2. The van der Waals surface area contributed by atoms with Crippen molar-refractivity contribution in [2.45, 2.75) is 47.6 Å². The quantitative estimate of drug-likeness (QED) is 0.826. The van der Waals surface area contributed by atoms with E-state index < -0.39 is 0 Å². The van der Waals surface area contributed by atoms with Gasteiger partial charge in [0.1, 0.15) is 5.82 Å². The second kappa shape index (κ2) is 7.08. The van der Waals surface area contributed by atoms with Gasteiger partial charge in [-0.05, 0) is 36.0 Å². The Hall–Kier alpha value is -1.35. The summed E-state index contributed by atoms with van der Waals surface area (Å²) in [6, 6.07) is 6.53. The molecule has 0 fully saturated rings. The summed E-state index contributed by atoms with van der Waals surface area (Å²) in [7, 11) is 0. The van der Waals surface area contributed by atoms with E-state index in [9.17, 15) is 0 Å². The van der Waals surface area contributed by atoms with E-state index in [2.05, 4.69) is 62.7 Å². The van der Waals surface area contributed by atoms with Gasteiger partial charge in [-0.3, -0.25) is 4.90 Å². The van der Waals surface area contributed by atoms with Crippen LogP contribution in [0.15, 0.2) is 18.2 Å². The Morgan fingerprint density at radius 3 is 2.33 bits per heavy atom. The number of nitrogens with zero attached hydrogens (tertiary/aromatic N) is 2. The molecule has 0 bridgehead atoms. The Kier molecular flexibility index (Phi) is 5.40. The molecule has 0 radical (unpaired) electrons. The summed E-state index contributed by atoms with van der Waals surface area (Å²) in [4.78, 5) is 10.7. The fourth-order valence-electron chi connectivity index (χ4n) is 2.85. The van der Waals surface area contributed by atoms with Crippen molar-refractivity contribution in [3.63, 3.8) is 0 Å². The zero-order chi connectivity index (χ0) is 15.4. The lowest BCUT2D eigenvalue weighted by molar-refractivity contribution is 0.207. The largest absolute Gasteiger partial charge is 0.341 e. The van der Waals surface area contributed by atoms with Gasteiger partial charge < -0.3 is 4.98 Å². The van der Waals surface area contributed by atoms with Crippen LogP contribution in [-0.2, 0) is 13.0 Å². The first-order chi connectivity index (χ1) is 9.97. The first-order valence-electron chi connectivity index (χ1n) is 8.17. The number of benzene rings is 1. The predicted octanol–water partition coefficient (Wildman–Crippen LogP) is 4.24. The molecule has 3 nitrogen and oxygen atoms in total. The van der Waals surface area contributed by atoms with Crippen molar-refractivity contribution in [2.24, 2.45) is 11.8 Å². The number of rotatable bonds is 7. The summed E-state index contributed by atoms with van der Waals surface area (Å²) < 4.78 is 0. The van der Waals surface area contributed by atoms with Gasteiger partial charge in [-0.25, -0.2) is 4.98 Å². The van der Waals surface area contributed by atoms with Crippen LogP contribution in [0.1, 0.15) is 46.0 Å². The third kappa shape index (κ3) is 4.57. The summed E-state index contributed by atoms with van der Waals surface area (Å²) >= 11 is 0.